The van der Waals surface area contributed by atoms with Gasteiger partial charge in [0.2, 0.25) is 0 Å². The van der Waals surface area contributed by atoms with E-state index >= 15 is 0 Å². The normalized spacial score (nSPS) is 10.2. The highest BCUT2D eigenvalue weighted by Crippen LogP contribution is 2.22. The molecule has 0 saturated heterocycles. The summed E-state index contributed by atoms with van der Waals surface area (Å²) in [7, 11) is 0. The van der Waals surface area contributed by atoms with Crippen molar-refractivity contribution in [2.45, 2.75) is 13.3 Å². The van der Waals surface area contributed by atoms with Gasteiger partial charge in [0.15, 0.2) is 0 Å². The van der Waals surface area contributed by atoms with E-state index in [4.69, 9.17) is 0 Å². The lowest BCUT2D eigenvalue weighted by molar-refractivity contribution is 1.10. The molecule has 2 heterocycles. The lowest BCUT2D eigenvalue weighted by atomic mass is 10.1. The van der Waals surface area contributed by atoms with Crippen molar-refractivity contribution in [3.05, 3.63) is 35.5 Å². The molecule has 0 aromatic carbocycles. The van der Waals surface area contributed by atoms with Gasteiger partial charge in [0.1, 0.15) is 10.7 Å². The van der Waals surface area contributed by atoms with Gasteiger partial charge in [-0.1, -0.05) is 13.0 Å². The van der Waals surface area contributed by atoms with Crippen molar-refractivity contribution in [2.75, 3.05) is 0 Å². The van der Waals surface area contributed by atoms with Gasteiger partial charge in [-0.25, -0.2) is 4.98 Å². The van der Waals surface area contributed by atoms with Crippen molar-refractivity contribution >= 4 is 11.3 Å². The summed E-state index contributed by atoms with van der Waals surface area (Å²) in [6.07, 6.45) is 4.63. The molecule has 0 aliphatic carbocycles. The molecule has 0 atom stereocenters. The summed E-state index contributed by atoms with van der Waals surface area (Å²) in [5.74, 6) is 0. The lowest BCUT2D eigenvalue weighted by Gasteiger charge is -2.01. The van der Waals surface area contributed by atoms with Gasteiger partial charge in [0, 0.05) is 17.8 Å². The van der Waals surface area contributed by atoms with Crippen molar-refractivity contribution in [1.82, 2.24) is 9.97 Å². The van der Waals surface area contributed by atoms with E-state index < -0.39 is 0 Å². The molecule has 2 rings (SSSR count). The molecule has 2 nitrogen and oxygen atoms in total. The fraction of sp³-hybridized carbons (Fsp3) is 0.200. The van der Waals surface area contributed by atoms with E-state index in [1.54, 1.807) is 11.3 Å². The second kappa shape index (κ2) is 3.66. The minimum Gasteiger partial charge on any atom is -0.253 e. The van der Waals surface area contributed by atoms with Gasteiger partial charge in [-0.3, -0.25) is 4.98 Å². The monoisotopic (exact) mass is 190 g/mol. The fourth-order valence-electron chi connectivity index (χ4n) is 1.26. The van der Waals surface area contributed by atoms with E-state index in [1.807, 2.05) is 23.8 Å². The number of pyridine rings is 1. The second-order valence-corrected chi connectivity index (χ2v) is 3.60. The van der Waals surface area contributed by atoms with Crippen LogP contribution in [-0.2, 0) is 6.42 Å². The van der Waals surface area contributed by atoms with Gasteiger partial charge in [0.05, 0.1) is 0 Å². The molecule has 0 radical (unpaired) electrons. The molecule has 0 aliphatic rings. The Hall–Kier alpha value is -1.22. The maximum atomic E-state index is 4.34. The molecular formula is C10H10N2S. The van der Waals surface area contributed by atoms with Crippen LogP contribution in [0, 0.1) is 0 Å². The Balaban J connectivity index is 2.51. The third kappa shape index (κ3) is 1.60. The molecule has 0 bridgehead atoms. The van der Waals surface area contributed by atoms with Gasteiger partial charge in [0.25, 0.3) is 0 Å². The largest absolute Gasteiger partial charge is 0.253 e. The number of aromatic nitrogens is 2. The minimum atomic E-state index is 1.00. The smallest absolute Gasteiger partial charge is 0.142 e. The SMILES string of the molecule is CCc1cccnc1-c1nccs1. The maximum Gasteiger partial charge on any atom is 0.142 e. The Kier molecular flexibility index (Phi) is 2.36. The number of nitrogens with zero attached hydrogens (tertiary/aromatic N) is 2. The van der Waals surface area contributed by atoms with Gasteiger partial charge in [-0.05, 0) is 18.1 Å². The standard InChI is InChI=1S/C10H10N2S/c1-2-8-4-3-5-11-9(8)10-12-6-7-13-10/h3-7H,2H2,1H3. The zero-order valence-corrected chi connectivity index (χ0v) is 8.21. The Bertz CT molecular complexity index is 382. The first-order valence-corrected chi connectivity index (χ1v) is 5.13. The van der Waals surface area contributed by atoms with Gasteiger partial charge >= 0.3 is 0 Å². The van der Waals surface area contributed by atoms with E-state index in [0.717, 1.165) is 17.1 Å². The Labute approximate surface area is 81.3 Å². The van der Waals surface area contributed by atoms with E-state index in [2.05, 4.69) is 23.0 Å². The number of hydrogen-bond donors (Lipinski definition) is 0. The number of hydrogen-bond acceptors (Lipinski definition) is 3. The van der Waals surface area contributed by atoms with Crippen LogP contribution in [0.2, 0.25) is 0 Å². The van der Waals surface area contributed by atoms with Crippen molar-refractivity contribution in [3.8, 4) is 10.7 Å². The van der Waals surface area contributed by atoms with Crippen molar-refractivity contribution in [1.29, 1.82) is 0 Å². The quantitative estimate of drug-likeness (QED) is 0.727. The van der Waals surface area contributed by atoms with Crippen LogP contribution in [0.4, 0.5) is 0 Å². The van der Waals surface area contributed by atoms with E-state index in [1.165, 1.54) is 5.56 Å². The highest BCUT2D eigenvalue weighted by atomic mass is 32.1. The topological polar surface area (TPSA) is 25.8 Å². The lowest BCUT2D eigenvalue weighted by Crippen LogP contribution is -1.89. The molecule has 13 heavy (non-hydrogen) atoms. The van der Waals surface area contributed by atoms with Gasteiger partial charge in [-0.15, -0.1) is 11.3 Å². The van der Waals surface area contributed by atoms with Crippen molar-refractivity contribution in [2.24, 2.45) is 0 Å². The van der Waals surface area contributed by atoms with Crippen molar-refractivity contribution < 1.29 is 0 Å². The summed E-state index contributed by atoms with van der Waals surface area (Å²) in [6.45, 7) is 2.13. The summed E-state index contributed by atoms with van der Waals surface area (Å²) < 4.78 is 0. The molecule has 0 aliphatic heterocycles. The summed E-state index contributed by atoms with van der Waals surface area (Å²) in [4.78, 5) is 8.59. The Morgan fingerprint density at radius 2 is 2.23 bits per heavy atom. The first kappa shape index (κ1) is 8.38. The van der Waals surface area contributed by atoms with E-state index in [9.17, 15) is 0 Å². The average molecular weight is 190 g/mol. The second-order valence-electron chi connectivity index (χ2n) is 2.70. The van der Waals surface area contributed by atoms with Gasteiger partial charge < -0.3 is 0 Å². The molecule has 66 valence electrons. The predicted octanol–water partition coefficient (Wildman–Crippen LogP) is 2.77. The van der Waals surface area contributed by atoms with Crippen LogP contribution >= 0.6 is 11.3 Å². The number of thiazole rings is 1. The van der Waals surface area contributed by atoms with E-state index in [-0.39, 0.29) is 0 Å². The highest BCUT2D eigenvalue weighted by Gasteiger charge is 2.05. The average Bonchev–Trinajstić information content (AvgIpc) is 2.70. The zero-order chi connectivity index (χ0) is 9.10. The van der Waals surface area contributed by atoms with Crippen molar-refractivity contribution in [3.63, 3.8) is 0 Å². The zero-order valence-electron chi connectivity index (χ0n) is 7.40. The number of aryl methyl sites for hydroxylation is 1. The molecule has 2 aromatic rings. The molecule has 0 amide bonds. The van der Waals surface area contributed by atoms with Crippen LogP contribution in [-0.4, -0.2) is 9.97 Å². The number of rotatable bonds is 2. The third-order valence-electron chi connectivity index (χ3n) is 1.91. The molecule has 0 N–H and O–H groups in total. The first-order valence-electron chi connectivity index (χ1n) is 4.25. The van der Waals surface area contributed by atoms with Crippen LogP contribution in [0.3, 0.4) is 0 Å². The first-order chi connectivity index (χ1) is 6.42. The van der Waals surface area contributed by atoms with E-state index in [0.29, 0.717) is 0 Å². The van der Waals surface area contributed by atoms with Crippen LogP contribution in [0.1, 0.15) is 12.5 Å². The Morgan fingerprint density at radius 1 is 1.31 bits per heavy atom. The Morgan fingerprint density at radius 3 is 2.92 bits per heavy atom. The van der Waals surface area contributed by atoms with Crippen LogP contribution in [0.15, 0.2) is 29.9 Å². The minimum absolute atomic E-state index is 1.00. The molecule has 2 aromatic heterocycles. The van der Waals surface area contributed by atoms with Crippen LogP contribution in [0.25, 0.3) is 10.7 Å². The third-order valence-corrected chi connectivity index (χ3v) is 2.69. The van der Waals surface area contributed by atoms with Gasteiger partial charge in [-0.2, -0.15) is 0 Å². The molecule has 0 saturated carbocycles. The summed E-state index contributed by atoms with van der Waals surface area (Å²) in [5, 5.41) is 2.99. The summed E-state index contributed by atoms with van der Waals surface area (Å²) in [6, 6.07) is 4.07. The summed E-state index contributed by atoms with van der Waals surface area (Å²) >= 11 is 1.63. The molecule has 0 fully saturated rings. The van der Waals surface area contributed by atoms with Crippen LogP contribution < -0.4 is 0 Å². The highest BCUT2D eigenvalue weighted by molar-refractivity contribution is 7.13. The maximum absolute atomic E-state index is 4.34. The molecular weight excluding hydrogens is 180 g/mol. The molecule has 0 spiro atoms. The van der Waals surface area contributed by atoms with Crippen LogP contribution in [0.5, 0.6) is 0 Å². The summed E-state index contributed by atoms with van der Waals surface area (Å²) in [5.41, 5.74) is 2.29. The molecule has 0 unspecified atom stereocenters. The fourth-order valence-corrected chi connectivity index (χ4v) is 1.92. The predicted molar refractivity (Wildman–Crippen MR) is 54.7 cm³/mol. The molecule has 3 heteroatoms.